The molecule has 5 nitrogen and oxygen atoms in total. The van der Waals surface area contributed by atoms with Crippen LogP contribution < -0.4 is 10.6 Å². The molecule has 2 fully saturated rings. The van der Waals surface area contributed by atoms with Gasteiger partial charge in [0.05, 0.1) is 0 Å². The molecule has 5 heteroatoms. The number of likely N-dealkylation sites (tertiary alicyclic amines) is 1. The van der Waals surface area contributed by atoms with Crippen LogP contribution in [0.1, 0.15) is 72.6 Å². The van der Waals surface area contributed by atoms with Gasteiger partial charge in [0.15, 0.2) is 0 Å². The van der Waals surface area contributed by atoms with Gasteiger partial charge in [0.2, 0.25) is 0 Å². The van der Waals surface area contributed by atoms with E-state index in [1.54, 1.807) is 0 Å². The molecule has 1 saturated carbocycles. The first-order valence-corrected chi connectivity index (χ1v) is 9.81. The van der Waals surface area contributed by atoms with Gasteiger partial charge in [-0.05, 0) is 53.4 Å². The number of rotatable bonds is 5. The molecule has 140 valence electrons. The molecule has 0 aromatic heterocycles. The molecule has 1 amide bonds. The highest BCUT2D eigenvalue weighted by atomic mass is 16.6. The number of nitrogens with zero attached hydrogens (tertiary/aromatic N) is 1. The average molecular weight is 340 g/mol. The summed E-state index contributed by atoms with van der Waals surface area (Å²) in [6.45, 7) is 10.6. The zero-order valence-corrected chi connectivity index (χ0v) is 16.1. The highest BCUT2D eigenvalue weighted by Crippen LogP contribution is 2.18. The number of hydrogen-bond donors (Lipinski definition) is 2. The van der Waals surface area contributed by atoms with Gasteiger partial charge in [0.1, 0.15) is 5.60 Å². The quantitative estimate of drug-likeness (QED) is 0.807. The van der Waals surface area contributed by atoms with Gasteiger partial charge in [-0.1, -0.05) is 19.3 Å². The number of nitrogens with one attached hydrogen (secondary N) is 2. The van der Waals surface area contributed by atoms with Crippen LogP contribution in [0.3, 0.4) is 0 Å². The second-order valence-electron chi connectivity index (χ2n) is 8.55. The number of ether oxygens (including phenoxy) is 1. The maximum Gasteiger partial charge on any atom is 0.410 e. The normalized spacial score (nSPS) is 22.4. The van der Waals surface area contributed by atoms with Crippen molar-refractivity contribution in [3.63, 3.8) is 0 Å². The lowest BCUT2D eigenvalue weighted by molar-refractivity contribution is 0.0196. The summed E-state index contributed by atoms with van der Waals surface area (Å²) in [6.07, 6.45) is 8.67. The molecule has 2 aliphatic rings. The highest BCUT2D eigenvalue weighted by molar-refractivity contribution is 5.68. The van der Waals surface area contributed by atoms with Crippen LogP contribution in [0, 0.1) is 0 Å². The minimum absolute atomic E-state index is 0.173. The predicted molar refractivity (Wildman–Crippen MR) is 98.3 cm³/mol. The molecule has 0 aromatic rings. The molecule has 1 heterocycles. The van der Waals surface area contributed by atoms with Gasteiger partial charge < -0.3 is 20.3 Å². The first kappa shape index (κ1) is 19.5. The molecular formula is C19H37N3O2. The molecule has 2 rings (SSSR count). The SMILES string of the molecule is CC(CNC1CCCCC1)NC1CCN(C(=O)OC(C)(C)C)CC1. The fraction of sp³-hybridized carbons (Fsp3) is 0.947. The maximum atomic E-state index is 12.1. The molecule has 0 bridgehead atoms. The van der Waals surface area contributed by atoms with Crippen molar-refractivity contribution in [3.8, 4) is 0 Å². The lowest BCUT2D eigenvalue weighted by atomic mass is 9.95. The molecule has 24 heavy (non-hydrogen) atoms. The second kappa shape index (κ2) is 9.04. The van der Waals surface area contributed by atoms with Crippen LogP contribution >= 0.6 is 0 Å². The van der Waals surface area contributed by atoms with Gasteiger partial charge in [0, 0.05) is 37.8 Å². The van der Waals surface area contributed by atoms with Crippen molar-refractivity contribution in [2.24, 2.45) is 0 Å². The first-order valence-electron chi connectivity index (χ1n) is 9.81. The highest BCUT2D eigenvalue weighted by Gasteiger charge is 2.27. The lowest BCUT2D eigenvalue weighted by Gasteiger charge is -2.35. The Morgan fingerprint density at radius 2 is 1.71 bits per heavy atom. The topological polar surface area (TPSA) is 53.6 Å². The zero-order valence-electron chi connectivity index (χ0n) is 16.1. The smallest absolute Gasteiger partial charge is 0.410 e. The Kier molecular flexibility index (Phi) is 7.35. The largest absolute Gasteiger partial charge is 0.444 e. The van der Waals surface area contributed by atoms with Crippen molar-refractivity contribution >= 4 is 6.09 Å². The Hall–Kier alpha value is -0.810. The first-order chi connectivity index (χ1) is 11.3. The van der Waals surface area contributed by atoms with E-state index < -0.39 is 5.60 Å². The Morgan fingerprint density at radius 1 is 1.08 bits per heavy atom. The van der Waals surface area contributed by atoms with Crippen LogP contribution in [0.2, 0.25) is 0 Å². The standard InChI is InChI=1S/C19H37N3O2/c1-15(14-20-16-8-6-5-7-9-16)21-17-10-12-22(13-11-17)18(23)24-19(2,3)4/h15-17,20-21H,5-14H2,1-4H3. The Morgan fingerprint density at radius 3 is 2.29 bits per heavy atom. The van der Waals surface area contributed by atoms with Crippen molar-refractivity contribution in [2.75, 3.05) is 19.6 Å². The molecular weight excluding hydrogens is 302 g/mol. The second-order valence-corrected chi connectivity index (χ2v) is 8.55. The maximum absolute atomic E-state index is 12.1. The van der Waals surface area contributed by atoms with Crippen LogP contribution in [-0.2, 0) is 4.74 Å². The van der Waals surface area contributed by atoms with Gasteiger partial charge in [-0.3, -0.25) is 0 Å². The summed E-state index contributed by atoms with van der Waals surface area (Å²) in [5, 5.41) is 7.44. The van der Waals surface area contributed by atoms with Gasteiger partial charge in [0.25, 0.3) is 0 Å². The summed E-state index contributed by atoms with van der Waals surface area (Å²) in [7, 11) is 0. The number of hydrogen-bond acceptors (Lipinski definition) is 4. The van der Waals surface area contributed by atoms with Crippen molar-refractivity contribution in [3.05, 3.63) is 0 Å². The van der Waals surface area contributed by atoms with E-state index in [1.165, 1.54) is 32.1 Å². The number of piperidine rings is 1. The Balaban J connectivity index is 1.62. The molecule has 1 atom stereocenters. The summed E-state index contributed by atoms with van der Waals surface area (Å²) in [6, 6.07) is 1.70. The average Bonchev–Trinajstić information content (AvgIpc) is 2.53. The van der Waals surface area contributed by atoms with E-state index in [0.717, 1.165) is 38.5 Å². The summed E-state index contributed by atoms with van der Waals surface area (Å²) < 4.78 is 5.46. The van der Waals surface area contributed by atoms with Gasteiger partial charge in [-0.2, -0.15) is 0 Å². The van der Waals surface area contributed by atoms with E-state index in [-0.39, 0.29) is 6.09 Å². The van der Waals surface area contributed by atoms with Gasteiger partial charge in [-0.15, -0.1) is 0 Å². The van der Waals surface area contributed by atoms with E-state index in [4.69, 9.17) is 4.74 Å². The minimum atomic E-state index is -0.411. The van der Waals surface area contributed by atoms with Crippen molar-refractivity contribution < 1.29 is 9.53 Å². The summed E-state index contributed by atoms with van der Waals surface area (Å²) in [5.74, 6) is 0. The minimum Gasteiger partial charge on any atom is -0.444 e. The van der Waals surface area contributed by atoms with Crippen molar-refractivity contribution in [1.29, 1.82) is 0 Å². The third kappa shape index (κ3) is 6.98. The number of amides is 1. The third-order valence-corrected chi connectivity index (χ3v) is 4.98. The van der Waals surface area contributed by atoms with Gasteiger partial charge >= 0.3 is 6.09 Å². The zero-order chi connectivity index (χ0) is 17.6. The lowest BCUT2D eigenvalue weighted by Crippen LogP contribution is -2.50. The van der Waals surface area contributed by atoms with Crippen LogP contribution in [0.25, 0.3) is 0 Å². The van der Waals surface area contributed by atoms with Crippen LogP contribution in [-0.4, -0.2) is 54.4 Å². The fourth-order valence-corrected chi connectivity index (χ4v) is 3.67. The molecule has 1 aliphatic heterocycles. The summed E-state index contributed by atoms with van der Waals surface area (Å²) in [4.78, 5) is 13.9. The predicted octanol–water partition coefficient (Wildman–Crippen LogP) is 3.29. The van der Waals surface area contributed by atoms with E-state index in [9.17, 15) is 4.79 Å². The molecule has 2 N–H and O–H groups in total. The number of carbonyl (C=O) groups is 1. The van der Waals surface area contributed by atoms with Crippen molar-refractivity contribution in [1.82, 2.24) is 15.5 Å². The molecule has 1 aliphatic carbocycles. The Bertz CT molecular complexity index is 381. The van der Waals surface area contributed by atoms with E-state index in [2.05, 4.69) is 17.6 Å². The summed E-state index contributed by atoms with van der Waals surface area (Å²) >= 11 is 0. The van der Waals surface area contributed by atoms with E-state index >= 15 is 0 Å². The monoisotopic (exact) mass is 339 g/mol. The van der Waals surface area contributed by atoms with Crippen LogP contribution in [0.5, 0.6) is 0 Å². The van der Waals surface area contributed by atoms with Crippen LogP contribution in [0.4, 0.5) is 4.79 Å². The van der Waals surface area contributed by atoms with Crippen LogP contribution in [0.15, 0.2) is 0 Å². The van der Waals surface area contributed by atoms with Gasteiger partial charge in [-0.25, -0.2) is 4.79 Å². The third-order valence-electron chi connectivity index (χ3n) is 4.98. The molecule has 1 unspecified atom stereocenters. The van der Waals surface area contributed by atoms with Crippen molar-refractivity contribution in [2.45, 2.75) is 96.4 Å². The summed E-state index contributed by atoms with van der Waals surface area (Å²) in [5.41, 5.74) is -0.411. The molecule has 0 radical (unpaired) electrons. The molecule has 1 saturated heterocycles. The molecule has 0 aromatic carbocycles. The van der Waals surface area contributed by atoms with E-state index in [0.29, 0.717) is 12.1 Å². The number of carbonyl (C=O) groups excluding carboxylic acids is 1. The van der Waals surface area contributed by atoms with E-state index in [1.807, 2.05) is 25.7 Å². The molecule has 0 spiro atoms. The Labute approximate surface area is 147 Å². The fourth-order valence-electron chi connectivity index (χ4n) is 3.67.